The number of hydrogen-bond acceptors (Lipinski definition) is 5. The third-order valence-electron chi connectivity index (χ3n) is 5.19. The molecule has 0 unspecified atom stereocenters. The highest BCUT2D eigenvalue weighted by atomic mass is 32.2. The summed E-state index contributed by atoms with van der Waals surface area (Å²) in [7, 11) is 1.80. The van der Waals surface area contributed by atoms with E-state index in [1.165, 1.54) is 22.9 Å². The van der Waals surface area contributed by atoms with Gasteiger partial charge < -0.3 is 15.0 Å². The molecular formula is C22H21N3O3S. The second-order valence-electron chi connectivity index (χ2n) is 7.14. The molecule has 148 valence electrons. The molecule has 2 heterocycles. The van der Waals surface area contributed by atoms with Gasteiger partial charge >= 0.3 is 0 Å². The molecule has 0 fully saturated rings. The van der Waals surface area contributed by atoms with Gasteiger partial charge in [-0.25, -0.2) is 0 Å². The summed E-state index contributed by atoms with van der Waals surface area (Å²) in [4.78, 5) is 29.6. The van der Waals surface area contributed by atoms with Gasteiger partial charge in [0.15, 0.2) is 5.16 Å². The smallest absolute Gasteiger partial charge is 0.279 e. The minimum absolute atomic E-state index is 0.102. The zero-order valence-corrected chi connectivity index (χ0v) is 17.0. The lowest BCUT2D eigenvalue weighted by Crippen LogP contribution is -2.33. The largest absolute Gasteiger partial charge is 0.508 e. The summed E-state index contributed by atoms with van der Waals surface area (Å²) >= 11 is 1.46. The van der Waals surface area contributed by atoms with E-state index in [2.05, 4.69) is 29.4 Å². The monoisotopic (exact) mass is 407 g/mol. The standard InChI is InChI=1S/C22H21N3O3S/c1-13-6-3-4-7-15(13)12-29-22-24-21(28)19-17(14-8-5-9-16(26)10-14)11-18(27)23-20(19)25(22)2/h3-10,17,26H,11-12H2,1-2H3,(H,23,27)/t17-/m1/s1. The van der Waals surface area contributed by atoms with Gasteiger partial charge in [0, 0.05) is 25.1 Å². The number of nitrogens with one attached hydrogen (secondary N) is 1. The van der Waals surface area contributed by atoms with Gasteiger partial charge in [-0.2, -0.15) is 4.98 Å². The number of phenolic OH excluding ortho intramolecular Hbond substituents is 1. The number of benzene rings is 2. The van der Waals surface area contributed by atoms with Crippen LogP contribution in [-0.2, 0) is 17.6 Å². The molecule has 0 saturated heterocycles. The molecule has 29 heavy (non-hydrogen) atoms. The first-order valence-corrected chi connectivity index (χ1v) is 10.3. The summed E-state index contributed by atoms with van der Waals surface area (Å²) in [6.45, 7) is 2.05. The summed E-state index contributed by atoms with van der Waals surface area (Å²) in [6.07, 6.45) is 0.142. The van der Waals surface area contributed by atoms with E-state index in [-0.39, 0.29) is 23.6 Å². The number of carbonyl (C=O) groups is 1. The number of aromatic hydroxyl groups is 1. The van der Waals surface area contributed by atoms with E-state index in [0.29, 0.717) is 22.3 Å². The Morgan fingerprint density at radius 1 is 1.21 bits per heavy atom. The van der Waals surface area contributed by atoms with Gasteiger partial charge in [-0.3, -0.25) is 9.59 Å². The topological polar surface area (TPSA) is 84.2 Å². The molecule has 3 aromatic rings. The van der Waals surface area contributed by atoms with E-state index in [0.717, 1.165) is 5.56 Å². The highest BCUT2D eigenvalue weighted by Crippen LogP contribution is 2.37. The first-order valence-electron chi connectivity index (χ1n) is 9.31. The van der Waals surface area contributed by atoms with E-state index < -0.39 is 5.92 Å². The number of carbonyl (C=O) groups excluding carboxylic acids is 1. The molecule has 0 radical (unpaired) electrons. The van der Waals surface area contributed by atoms with Crippen LogP contribution in [0.4, 0.5) is 5.82 Å². The quantitative estimate of drug-likeness (QED) is 0.510. The van der Waals surface area contributed by atoms with Crippen molar-refractivity contribution in [2.45, 2.75) is 30.2 Å². The normalized spacial score (nSPS) is 15.7. The summed E-state index contributed by atoms with van der Waals surface area (Å²) in [5.74, 6) is 0.650. The maximum absolute atomic E-state index is 12.9. The third kappa shape index (κ3) is 3.78. The van der Waals surface area contributed by atoms with Crippen molar-refractivity contribution < 1.29 is 9.90 Å². The number of aromatic nitrogens is 2. The van der Waals surface area contributed by atoms with Crippen LogP contribution in [-0.4, -0.2) is 20.6 Å². The van der Waals surface area contributed by atoms with Gasteiger partial charge in [-0.1, -0.05) is 48.2 Å². The van der Waals surface area contributed by atoms with Gasteiger partial charge in [0.2, 0.25) is 5.91 Å². The van der Waals surface area contributed by atoms with Crippen molar-refractivity contribution in [1.82, 2.24) is 9.55 Å². The Hall–Kier alpha value is -3.06. The fraction of sp³-hybridized carbons (Fsp3) is 0.227. The van der Waals surface area contributed by atoms with Crippen LogP contribution in [0.3, 0.4) is 0 Å². The van der Waals surface area contributed by atoms with Crippen molar-refractivity contribution in [3.8, 4) is 5.75 Å². The minimum Gasteiger partial charge on any atom is -0.508 e. The lowest BCUT2D eigenvalue weighted by Gasteiger charge is -2.27. The molecule has 1 aliphatic rings. The molecule has 1 atom stereocenters. The van der Waals surface area contributed by atoms with Crippen LogP contribution in [0.1, 0.15) is 34.6 Å². The Labute approximate surface area is 172 Å². The van der Waals surface area contributed by atoms with Gasteiger partial charge in [0.1, 0.15) is 11.6 Å². The van der Waals surface area contributed by atoms with Crippen molar-refractivity contribution >= 4 is 23.5 Å². The maximum atomic E-state index is 12.9. The highest BCUT2D eigenvalue weighted by molar-refractivity contribution is 7.98. The highest BCUT2D eigenvalue weighted by Gasteiger charge is 2.32. The summed E-state index contributed by atoms with van der Waals surface area (Å²) < 4.78 is 1.77. The number of thioether (sulfide) groups is 1. The van der Waals surface area contributed by atoms with E-state index >= 15 is 0 Å². The van der Waals surface area contributed by atoms with Crippen LogP contribution in [0.15, 0.2) is 58.5 Å². The fourth-order valence-electron chi connectivity index (χ4n) is 3.61. The zero-order valence-electron chi connectivity index (χ0n) is 16.2. The average Bonchev–Trinajstić information content (AvgIpc) is 2.70. The van der Waals surface area contributed by atoms with Crippen LogP contribution in [0, 0.1) is 6.92 Å². The Kier molecular flexibility index (Phi) is 5.15. The lowest BCUT2D eigenvalue weighted by molar-refractivity contribution is -0.116. The van der Waals surface area contributed by atoms with Crippen molar-refractivity contribution in [3.05, 3.63) is 81.1 Å². The lowest BCUT2D eigenvalue weighted by atomic mass is 9.86. The molecule has 2 N–H and O–H groups in total. The molecule has 6 nitrogen and oxygen atoms in total. The number of nitrogens with zero attached hydrogens (tertiary/aromatic N) is 2. The SMILES string of the molecule is Cc1ccccc1CSc1nc(=O)c2c(n1C)NC(=O)C[C@@H]2c1cccc(O)c1. The van der Waals surface area contributed by atoms with E-state index in [9.17, 15) is 14.7 Å². The molecule has 1 aromatic heterocycles. The molecular weight excluding hydrogens is 386 g/mol. The zero-order chi connectivity index (χ0) is 20.5. The Morgan fingerprint density at radius 3 is 2.76 bits per heavy atom. The Morgan fingerprint density at radius 2 is 2.00 bits per heavy atom. The summed E-state index contributed by atoms with van der Waals surface area (Å²) in [5, 5.41) is 13.2. The van der Waals surface area contributed by atoms with Crippen LogP contribution >= 0.6 is 11.8 Å². The molecule has 0 aliphatic carbocycles. The molecule has 0 spiro atoms. The number of phenols is 1. The van der Waals surface area contributed by atoms with E-state index in [1.54, 1.807) is 29.8 Å². The predicted octanol–water partition coefficient (Wildman–Crippen LogP) is 3.56. The van der Waals surface area contributed by atoms with Crippen LogP contribution in [0.2, 0.25) is 0 Å². The Balaban J connectivity index is 1.73. The van der Waals surface area contributed by atoms with Crippen LogP contribution in [0.5, 0.6) is 5.75 Å². The van der Waals surface area contributed by atoms with Gasteiger partial charge in [0.05, 0.1) is 5.56 Å². The average molecular weight is 407 g/mol. The minimum atomic E-state index is -0.438. The number of hydrogen-bond donors (Lipinski definition) is 2. The van der Waals surface area contributed by atoms with Gasteiger partial charge in [-0.05, 0) is 35.7 Å². The predicted molar refractivity (Wildman–Crippen MR) is 113 cm³/mol. The first-order chi connectivity index (χ1) is 13.9. The van der Waals surface area contributed by atoms with Crippen molar-refractivity contribution in [3.63, 3.8) is 0 Å². The van der Waals surface area contributed by atoms with Crippen molar-refractivity contribution in [1.29, 1.82) is 0 Å². The van der Waals surface area contributed by atoms with E-state index in [1.807, 2.05) is 18.2 Å². The second kappa shape index (κ2) is 7.75. The summed E-state index contributed by atoms with van der Waals surface area (Å²) in [6, 6.07) is 14.8. The number of amides is 1. The van der Waals surface area contributed by atoms with Crippen LogP contribution in [0.25, 0.3) is 0 Å². The van der Waals surface area contributed by atoms with Crippen LogP contribution < -0.4 is 10.9 Å². The second-order valence-corrected chi connectivity index (χ2v) is 8.08. The summed E-state index contributed by atoms with van der Waals surface area (Å²) in [5.41, 5.74) is 3.18. The Bertz CT molecular complexity index is 1160. The number of fused-ring (bicyclic) bond motifs is 1. The molecule has 1 aliphatic heterocycles. The van der Waals surface area contributed by atoms with Crippen molar-refractivity contribution in [2.75, 3.05) is 5.32 Å². The van der Waals surface area contributed by atoms with Crippen molar-refractivity contribution in [2.24, 2.45) is 7.05 Å². The van der Waals surface area contributed by atoms with Gasteiger partial charge in [-0.15, -0.1) is 0 Å². The molecule has 4 rings (SSSR count). The molecule has 7 heteroatoms. The molecule has 2 aromatic carbocycles. The van der Waals surface area contributed by atoms with Gasteiger partial charge in [0.25, 0.3) is 5.56 Å². The molecule has 0 bridgehead atoms. The third-order valence-corrected chi connectivity index (χ3v) is 6.27. The first kappa shape index (κ1) is 19.3. The number of rotatable bonds is 4. The fourth-order valence-corrected chi connectivity index (χ4v) is 4.65. The molecule has 1 amide bonds. The number of anilines is 1. The number of aryl methyl sites for hydroxylation is 1. The van der Waals surface area contributed by atoms with E-state index in [4.69, 9.17) is 0 Å². The maximum Gasteiger partial charge on any atom is 0.279 e. The molecule has 0 saturated carbocycles.